The van der Waals surface area contributed by atoms with Crippen molar-refractivity contribution in [1.29, 1.82) is 0 Å². The van der Waals surface area contributed by atoms with Gasteiger partial charge in [0.25, 0.3) is 0 Å². The Morgan fingerprint density at radius 1 is 0.703 bits per heavy atom. The molecule has 5 heteroatoms. The van der Waals surface area contributed by atoms with Gasteiger partial charge in [0.15, 0.2) is 5.75 Å². The predicted molar refractivity (Wildman–Crippen MR) is 152 cm³/mol. The van der Waals surface area contributed by atoms with E-state index in [1.165, 1.54) is 17.7 Å². The minimum absolute atomic E-state index is 0.0733. The maximum absolute atomic E-state index is 11.9. The number of aromatic nitrogens is 3. The number of benzene rings is 4. The van der Waals surface area contributed by atoms with E-state index < -0.39 is 0 Å². The van der Waals surface area contributed by atoms with Gasteiger partial charge in [0.2, 0.25) is 0 Å². The zero-order valence-electron chi connectivity index (χ0n) is 22.7. The third kappa shape index (κ3) is 6.05. The van der Waals surface area contributed by atoms with Crippen LogP contribution in [0.5, 0.6) is 5.75 Å². The van der Waals surface area contributed by atoms with Gasteiger partial charge in [-0.05, 0) is 45.4 Å². The molecule has 190 valence electrons. The zero-order chi connectivity index (χ0) is 26.8. The molecule has 1 aromatic heterocycles. The Labute approximate surface area is 219 Å². The number of esters is 1. The van der Waals surface area contributed by atoms with E-state index in [0.717, 1.165) is 22.2 Å². The number of nitrogens with zero attached hydrogens (tertiary/aromatic N) is 3. The minimum Gasteiger partial charge on any atom is -0.424 e. The Morgan fingerprint density at radius 2 is 1.16 bits per heavy atom. The number of carbonyl (C=O) groups is 1. The van der Waals surface area contributed by atoms with Crippen molar-refractivity contribution in [2.75, 3.05) is 0 Å². The van der Waals surface area contributed by atoms with Crippen molar-refractivity contribution in [3.05, 3.63) is 96.1 Å². The molecule has 0 bridgehead atoms. The fourth-order valence-electron chi connectivity index (χ4n) is 4.10. The Hall–Kier alpha value is -3.99. The first kappa shape index (κ1) is 26.1. The predicted octanol–water partition coefficient (Wildman–Crippen LogP) is 7.78. The highest BCUT2D eigenvalue weighted by Crippen LogP contribution is 2.40. The highest BCUT2D eigenvalue weighted by atomic mass is 16.5. The second-order valence-corrected chi connectivity index (χ2v) is 11.3. The summed E-state index contributed by atoms with van der Waals surface area (Å²) in [7, 11) is 0. The molecule has 0 aliphatic heterocycles. The number of hydrogen-bond acceptors (Lipinski definition) is 4. The van der Waals surface area contributed by atoms with E-state index in [1.807, 2.05) is 30.3 Å². The molecular weight excluding hydrogens is 458 g/mol. The molecule has 0 unspecified atom stereocenters. The van der Waals surface area contributed by atoms with Crippen LogP contribution in [0.3, 0.4) is 0 Å². The summed E-state index contributed by atoms with van der Waals surface area (Å²) in [5.74, 6) is 0.158. The molecular formula is C32H35N3O2. The van der Waals surface area contributed by atoms with Crippen molar-refractivity contribution in [1.82, 2.24) is 15.0 Å². The average molecular weight is 494 g/mol. The SMILES string of the molecule is CC(=O)Oc1c(-n2nc3ccccc3n2)cc(C(C)(C)C)cc1C(C)(C)C.c1ccc2ccccc2c1. The number of ether oxygens (including phenoxy) is 1. The molecule has 0 saturated carbocycles. The van der Waals surface area contributed by atoms with Crippen LogP contribution in [-0.4, -0.2) is 21.0 Å². The highest BCUT2D eigenvalue weighted by Gasteiger charge is 2.28. The van der Waals surface area contributed by atoms with Crippen molar-refractivity contribution in [3.8, 4) is 11.4 Å². The van der Waals surface area contributed by atoms with Crippen LogP contribution in [0.4, 0.5) is 0 Å². The Morgan fingerprint density at radius 3 is 1.57 bits per heavy atom. The maximum atomic E-state index is 11.9. The van der Waals surface area contributed by atoms with Crippen LogP contribution in [0, 0.1) is 0 Å². The largest absolute Gasteiger partial charge is 0.424 e. The van der Waals surface area contributed by atoms with Gasteiger partial charge in [0, 0.05) is 12.5 Å². The summed E-state index contributed by atoms with van der Waals surface area (Å²) >= 11 is 0. The average Bonchev–Trinajstić information content (AvgIpc) is 3.27. The van der Waals surface area contributed by atoms with Crippen molar-refractivity contribution in [2.45, 2.75) is 59.3 Å². The molecule has 1 heterocycles. The molecule has 0 N–H and O–H groups in total. The number of fused-ring (bicyclic) bond motifs is 2. The van der Waals surface area contributed by atoms with Crippen LogP contribution < -0.4 is 4.74 Å². The quantitative estimate of drug-likeness (QED) is 0.186. The lowest BCUT2D eigenvalue weighted by atomic mass is 9.79. The third-order valence-electron chi connectivity index (χ3n) is 6.15. The van der Waals surface area contributed by atoms with Gasteiger partial charge >= 0.3 is 5.97 Å². The van der Waals surface area contributed by atoms with E-state index in [2.05, 4.69) is 106 Å². The monoisotopic (exact) mass is 493 g/mol. The number of hydrogen-bond donors (Lipinski definition) is 0. The second-order valence-electron chi connectivity index (χ2n) is 11.3. The van der Waals surface area contributed by atoms with Crippen molar-refractivity contribution in [2.24, 2.45) is 0 Å². The molecule has 4 aromatic carbocycles. The van der Waals surface area contributed by atoms with Gasteiger partial charge in [0.05, 0.1) is 0 Å². The van der Waals surface area contributed by atoms with Gasteiger partial charge in [-0.15, -0.1) is 15.0 Å². The van der Waals surface area contributed by atoms with Crippen molar-refractivity contribution >= 4 is 27.8 Å². The molecule has 5 nitrogen and oxygen atoms in total. The molecule has 0 saturated heterocycles. The van der Waals surface area contributed by atoms with Gasteiger partial charge in [0.1, 0.15) is 16.7 Å². The van der Waals surface area contributed by atoms with E-state index in [4.69, 9.17) is 4.74 Å². The maximum Gasteiger partial charge on any atom is 0.308 e. The van der Waals surface area contributed by atoms with Crippen LogP contribution >= 0.6 is 0 Å². The standard InChI is InChI=1S/C22H27N3O2.C10H8/c1-14(26)27-20-16(22(5,6)7)12-15(21(2,3)4)13-19(20)25-23-17-10-8-9-11-18(17)24-25;1-2-6-10-8-4-3-7-9(10)5-1/h8-13H,1-7H3;1-8H. The van der Waals surface area contributed by atoms with E-state index >= 15 is 0 Å². The van der Waals surface area contributed by atoms with E-state index in [1.54, 1.807) is 4.80 Å². The van der Waals surface area contributed by atoms with Crippen molar-refractivity contribution < 1.29 is 9.53 Å². The lowest BCUT2D eigenvalue weighted by Crippen LogP contribution is -2.21. The summed E-state index contributed by atoms with van der Waals surface area (Å²) in [5.41, 5.74) is 4.08. The van der Waals surface area contributed by atoms with Crippen LogP contribution in [0.2, 0.25) is 0 Å². The zero-order valence-corrected chi connectivity index (χ0v) is 22.7. The smallest absolute Gasteiger partial charge is 0.308 e. The molecule has 37 heavy (non-hydrogen) atoms. The van der Waals surface area contributed by atoms with E-state index in [9.17, 15) is 4.79 Å². The first-order valence-electron chi connectivity index (χ1n) is 12.6. The molecule has 0 aliphatic rings. The Balaban J connectivity index is 0.000000265. The number of rotatable bonds is 2. The molecule has 0 spiro atoms. The first-order valence-corrected chi connectivity index (χ1v) is 12.6. The van der Waals surface area contributed by atoms with Gasteiger partial charge < -0.3 is 4.74 Å². The lowest BCUT2D eigenvalue weighted by molar-refractivity contribution is -0.131. The molecule has 0 atom stereocenters. The number of carbonyl (C=O) groups excluding carboxylic acids is 1. The van der Waals surface area contributed by atoms with E-state index in [0.29, 0.717) is 11.4 Å². The van der Waals surface area contributed by atoms with Crippen LogP contribution in [-0.2, 0) is 15.6 Å². The molecule has 0 radical (unpaired) electrons. The van der Waals surface area contributed by atoms with Gasteiger partial charge in [-0.25, -0.2) is 0 Å². The first-order chi connectivity index (χ1) is 17.4. The van der Waals surface area contributed by atoms with Crippen molar-refractivity contribution in [3.63, 3.8) is 0 Å². The minimum atomic E-state index is -0.359. The fourth-order valence-corrected chi connectivity index (χ4v) is 4.10. The highest BCUT2D eigenvalue weighted by molar-refractivity contribution is 5.82. The Kier molecular flexibility index (Phi) is 7.17. The Bertz CT molecular complexity index is 1450. The van der Waals surface area contributed by atoms with E-state index in [-0.39, 0.29) is 16.8 Å². The van der Waals surface area contributed by atoms with Gasteiger partial charge in [-0.2, -0.15) is 0 Å². The summed E-state index contributed by atoms with van der Waals surface area (Å²) in [4.78, 5) is 13.4. The summed E-state index contributed by atoms with van der Waals surface area (Å²) in [6, 6.07) is 28.6. The molecule has 5 aromatic rings. The van der Waals surface area contributed by atoms with Crippen LogP contribution in [0.1, 0.15) is 59.6 Å². The summed E-state index contributed by atoms with van der Waals surface area (Å²) in [5, 5.41) is 11.8. The van der Waals surface area contributed by atoms with Crippen LogP contribution in [0.25, 0.3) is 27.5 Å². The normalized spacial score (nSPS) is 11.8. The fraction of sp³-hybridized carbons (Fsp3) is 0.281. The third-order valence-corrected chi connectivity index (χ3v) is 6.15. The molecule has 0 fully saturated rings. The summed E-state index contributed by atoms with van der Waals surface area (Å²) in [6.07, 6.45) is 0. The van der Waals surface area contributed by atoms with Crippen LogP contribution in [0.15, 0.2) is 84.9 Å². The molecule has 0 aliphatic carbocycles. The summed E-state index contributed by atoms with van der Waals surface area (Å²) in [6.45, 7) is 14.2. The lowest BCUT2D eigenvalue weighted by Gasteiger charge is -2.28. The topological polar surface area (TPSA) is 57.0 Å². The molecule has 5 rings (SSSR count). The second kappa shape index (κ2) is 10.2. The van der Waals surface area contributed by atoms with Gasteiger partial charge in [-0.3, -0.25) is 4.79 Å². The summed E-state index contributed by atoms with van der Waals surface area (Å²) < 4.78 is 5.68. The molecule has 0 amide bonds. The van der Waals surface area contributed by atoms with Gasteiger partial charge in [-0.1, -0.05) is 108 Å².